The van der Waals surface area contributed by atoms with Gasteiger partial charge in [0.15, 0.2) is 0 Å². The predicted octanol–water partition coefficient (Wildman–Crippen LogP) is 10.7. The maximum atomic E-state index is 2.66. The Kier molecular flexibility index (Phi) is 21.9. The second-order valence-electron chi connectivity index (χ2n) is 10.9. The van der Waals surface area contributed by atoms with E-state index in [2.05, 4.69) is 49.9 Å². The van der Waals surface area contributed by atoms with Gasteiger partial charge in [0.25, 0.3) is 0 Å². The molecule has 0 saturated heterocycles. The molecule has 0 aromatic heterocycles. The smallest absolute Gasteiger partial charge is 0.00187 e. The molecule has 0 bridgehead atoms. The first-order valence-electron chi connectivity index (χ1n) is 15.5. The largest absolute Gasteiger partial charge is 0.303 e. The molecule has 1 aromatic rings. The summed E-state index contributed by atoms with van der Waals surface area (Å²) in [6.45, 7) is 10.8. The lowest BCUT2D eigenvalue weighted by Crippen LogP contribution is -2.26. The fourth-order valence-corrected chi connectivity index (χ4v) is 5.34. The first-order chi connectivity index (χ1) is 16.8. The molecule has 34 heavy (non-hydrogen) atoms. The minimum atomic E-state index is 1.27. The average Bonchev–Trinajstić information content (AvgIpc) is 2.84. The van der Waals surface area contributed by atoms with Gasteiger partial charge in [-0.2, -0.15) is 0 Å². The Hall–Kier alpha value is -0.820. The summed E-state index contributed by atoms with van der Waals surface area (Å²) in [6.07, 6.45) is 30.0. The standard InChI is InChI=1S/C33H61N/c1-4-29-34(30-5-2)31-25-21-19-17-15-13-11-9-7-6-8-10-12-14-16-18-20-22-27-33-28-24-23-26-32(33)3/h23-24,26,28H,4-22,25,27,29-31H2,1-3H3. The van der Waals surface area contributed by atoms with Gasteiger partial charge in [0.1, 0.15) is 0 Å². The molecule has 0 amide bonds. The van der Waals surface area contributed by atoms with Crippen LogP contribution in [0.4, 0.5) is 0 Å². The van der Waals surface area contributed by atoms with Crippen LogP contribution in [0.3, 0.4) is 0 Å². The molecule has 0 aliphatic carbocycles. The van der Waals surface area contributed by atoms with Gasteiger partial charge >= 0.3 is 0 Å². The van der Waals surface area contributed by atoms with Crippen LogP contribution in [-0.2, 0) is 6.42 Å². The molecule has 0 N–H and O–H groups in total. The molecular formula is C33H61N. The molecule has 0 fully saturated rings. The SMILES string of the molecule is CCCN(CCC)CCCCCCCCCCCCCCCCCCCCc1ccccc1C. The second kappa shape index (κ2) is 23.9. The molecule has 0 aliphatic rings. The lowest BCUT2D eigenvalue weighted by Gasteiger charge is -2.20. The highest BCUT2D eigenvalue weighted by atomic mass is 15.1. The summed E-state index contributed by atoms with van der Waals surface area (Å²) < 4.78 is 0. The summed E-state index contributed by atoms with van der Waals surface area (Å²) in [7, 11) is 0. The van der Waals surface area contributed by atoms with E-state index in [-0.39, 0.29) is 0 Å². The molecule has 198 valence electrons. The zero-order valence-electron chi connectivity index (χ0n) is 23.7. The maximum Gasteiger partial charge on any atom is -0.00187 e. The van der Waals surface area contributed by atoms with Gasteiger partial charge in [-0.3, -0.25) is 0 Å². The van der Waals surface area contributed by atoms with Crippen LogP contribution in [0.5, 0.6) is 0 Å². The highest BCUT2D eigenvalue weighted by Gasteiger charge is 2.02. The number of rotatable bonds is 25. The van der Waals surface area contributed by atoms with Gasteiger partial charge in [0.2, 0.25) is 0 Å². The van der Waals surface area contributed by atoms with E-state index >= 15 is 0 Å². The second-order valence-corrected chi connectivity index (χ2v) is 10.9. The van der Waals surface area contributed by atoms with Crippen LogP contribution in [0.2, 0.25) is 0 Å². The Labute approximate surface area is 215 Å². The summed E-state index contributed by atoms with van der Waals surface area (Å²) in [5, 5.41) is 0. The van der Waals surface area contributed by atoms with E-state index in [0.29, 0.717) is 0 Å². The topological polar surface area (TPSA) is 3.24 Å². The Balaban J connectivity index is 1.73. The highest BCUT2D eigenvalue weighted by molar-refractivity contribution is 5.25. The third-order valence-corrected chi connectivity index (χ3v) is 7.51. The van der Waals surface area contributed by atoms with Gasteiger partial charge in [0, 0.05) is 0 Å². The number of nitrogens with zero attached hydrogens (tertiary/aromatic N) is 1. The molecule has 1 nitrogen and oxygen atoms in total. The van der Waals surface area contributed by atoms with Gasteiger partial charge in [0.05, 0.1) is 0 Å². The van der Waals surface area contributed by atoms with Crippen molar-refractivity contribution in [3.05, 3.63) is 35.4 Å². The van der Waals surface area contributed by atoms with Crippen LogP contribution >= 0.6 is 0 Å². The van der Waals surface area contributed by atoms with Gasteiger partial charge in [-0.15, -0.1) is 0 Å². The molecule has 1 rings (SSSR count). The van der Waals surface area contributed by atoms with Gasteiger partial charge in [-0.25, -0.2) is 0 Å². The quantitative estimate of drug-likeness (QED) is 0.128. The van der Waals surface area contributed by atoms with E-state index in [4.69, 9.17) is 0 Å². The first-order valence-corrected chi connectivity index (χ1v) is 15.5. The molecule has 0 aliphatic heterocycles. The van der Waals surface area contributed by atoms with Crippen molar-refractivity contribution in [1.29, 1.82) is 0 Å². The van der Waals surface area contributed by atoms with Crippen molar-refractivity contribution < 1.29 is 0 Å². The minimum absolute atomic E-state index is 1.27. The van der Waals surface area contributed by atoms with Gasteiger partial charge in [-0.05, 0) is 69.8 Å². The number of aryl methyl sites for hydroxylation is 2. The molecular weight excluding hydrogens is 410 g/mol. The molecule has 0 atom stereocenters. The normalized spacial score (nSPS) is 11.5. The molecule has 1 aromatic carbocycles. The Morgan fingerprint density at radius 2 is 0.853 bits per heavy atom. The summed E-state index contributed by atoms with van der Waals surface area (Å²) in [5.41, 5.74) is 3.01. The zero-order chi connectivity index (χ0) is 24.5. The van der Waals surface area contributed by atoms with E-state index in [0.717, 1.165) is 0 Å². The number of benzene rings is 1. The summed E-state index contributed by atoms with van der Waals surface area (Å²) in [6, 6.07) is 8.88. The van der Waals surface area contributed by atoms with E-state index in [1.54, 1.807) is 5.56 Å². The summed E-state index contributed by atoms with van der Waals surface area (Å²) in [5.74, 6) is 0. The van der Waals surface area contributed by atoms with Crippen molar-refractivity contribution in [1.82, 2.24) is 4.90 Å². The zero-order valence-corrected chi connectivity index (χ0v) is 23.7. The van der Waals surface area contributed by atoms with Crippen molar-refractivity contribution in [2.45, 2.75) is 156 Å². The van der Waals surface area contributed by atoms with E-state index in [9.17, 15) is 0 Å². The Bertz CT molecular complexity index is 531. The van der Waals surface area contributed by atoms with Crippen LogP contribution in [0.15, 0.2) is 24.3 Å². The van der Waals surface area contributed by atoms with Crippen LogP contribution in [-0.4, -0.2) is 24.5 Å². The lowest BCUT2D eigenvalue weighted by atomic mass is 10.0. The molecule has 0 heterocycles. The maximum absolute atomic E-state index is 2.66. The van der Waals surface area contributed by atoms with Crippen LogP contribution in [0.25, 0.3) is 0 Å². The lowest BCUT2D eigenvalue weighted by molar-refractivity contribution is 0.267. The number of hydrogen-bond acceptors (Lipinski definition) is 1. The Morgan fingerprint density at radius 3 is 1.26 bits per heavy atom. The molecule has 0 spiro atoms. The minimum Gasteiger partial charge on any atom is -0.303 e. The predicted molar refractivity (Wildman–Crippen MR) is 155 cm³/mol. The van der Waals surface area contributed by atoms with Gasteiger partial charge in [-0.1, -0.05) is 141 Å². The van der Waals surface area contributed by atoms with Crippen molar-refractivity contribution in [2.75, 3.05) is 19.6 Å². The van der Waals surface area contributed by atoms with Gasteiger partial charge < -0.3 is 4.90 Å². The average molecular weight is 472 g/mol. The van der Waals surface area contributed by atoms with Crippen molar-refractivity contribution >= 4 is 0 Å². The number of unbranched alkanes of at least 4 members (excludes halogenated alkanes) is 17. The van der Waals surface area contributed by atoms with Crippen LogP contribution < -0.4 is 0 Å². The van der Waals surface area contributed by atoms with Crippen molar-refractivity contribution in [3.8, 4) is 0 Å². The van der Waals surface area contributed by atoms with Crippen molar-refractivity contribution in [3.63, 3.8) is 0 Å². The molecule has 1 heteroatoms. The van der Waals surface area contributed by atoms with E-state index in [1.807, 2.05) is 0 Å². The fraction of sp³-hybridized carbons (Fsp3) is 0.818. The molecule has 0 saturated carbocycles. The molecule has 0 unspecified atom stereocenters. The summed E-state index contributed by atoms with van der Waals surface area (Å²) >= 11 is 0. The first kappa shape index (κ1) is 31.2. The van der Waals surface area contributed by atoms with E-state index < -0.39 is 0 Å². The number of hydrogen-bond donors (Lipinski definition) is 0. The third-order valence-electron chi connectivity index (χ3n) is 7.51. The van der Waals surface area contributed by atoms with Crippen LogP contribution in [0.1, 0.15) is 153 Å². The fourth-order valence-electron chi connectivity index (χ4n) is 5.34. The monoisotopic (exact) mass is 471 g/mol. The molecule has 0 radical (unpaired) electrons. The van der Waals surface area contributed by atoms with Crippen LogP contribution in [0, 0.1) is 6.92 Å². The highest BCUT2D eigenvalue weighted by Crippen LogP contribution is 2.16. The van der Waals surface area contributed by atoms with Crippen molar-refractivity contribution in [2.24, 2.45) is 0 Å². The third kappa shape index (κ3) is 18.5. The van der Waals surface area contributed by atoms with E-state index in [1.165, 1.54) is 160 Å². The Morgan fingerprint density at radius 1 is 0.471 bits per heavy atom. The summed E-state index contributed by atoms with van der Waals surface area (Å²) in [4.78, 5) is 2.66.